The van der Waals surface area contributed by atoms with Gasteiger partial charge in [-0.05, 0) is 18.2 Å². The van der Waals surface area contributed by atoms with E-state index in [2.05, 4.69) is 4.98 Å². The van der Waals surface area contributed by atoms with Crippen LogP contribution in [0.4, 0.5) is 11.4 Å². The molecule has 2 N–H and O–H groups in total. The molecule has 0 atom stereocenters. The van der Waals surface area contributed by atoms with Crippen LogP contribution in [0, 0.1) is 0 Å². The van der Waals surface area contributed by atoms with Crippen LogP contribution < -0.4 is 15.4 Å². The quantitative estimate of drug-likeness (QED) is 0.912. The summed E-state index contributed by atoms with van der Waals surface area (Å²) >= 11 is 0. The second-order valence-corrected chi connectivity index (χ2v) is 4.03. The number of amides is 1. The van der Waals surface area contributed by atoms with E-state index in [4.69, 9.17) is 10.5 Å². The number of benzene rings is 1. The van der Waals surface area contributed by atoms with Crippen molar-refractivity contribution in [1.82, 2.24) is 4.98 Å². The molecule has 2 aromatic rings. The number of pyridine rings is 1. The van der Waals surface area contributed by atoms with Gasteiger partial charge < -0.3 is 15.4 Å². The highest BCUT2D eigenvalue weighted by Crippen LogP contribution is 2.22. The molecule has 1 amide bonds. The first kappa shape index (κ1) is 12.9. The molecule has 0 fully saturated rings. The van der Waals surface area contributed by atoms with Gasteiger partial charge in [0.15, 0.2) is 0 Å². The molecule has 5 nitrogen and oxygen atoms in total. The number of nitrogens with zero attached hydrogens (tertiary/aromatic N) is 2. The molecule has 5 heteroatoms. The maximum atomic E-state index is 12.3. The monoisotopic (exact) mass is 257 g/mol. The number of carbonyl (C=O) groups excluding carboxylic acids is 1. The van der Waals surface area contributed by atoms with Crippen molar-refractivity contribution in [3.8, 4) is 5.75 Å². The van der Waals surface area contributed by atoms with Crippen molar-refractivity contribution in [3.63, 3.8) is 0 Å². The third-order valence-corrected chi connectivity index (χ3v) is 2.83. The van der Waals surface area contributed by atoms with Gasteiger partial charge in [0.25, 0.3) is 5.91 Å². The van der Waals surface area contributed by atoms with Gasteiger partial charge in [-0.25, -0.2) is 0 Å². The number of aromatic nitrogens is 1. The van der Waals surface area contributed by atoms with Crippen LogP contribution in [-0.4, -0.2) is 25.0 Å². The van der Waals surface area contributed by atoms with Crippen molar-refractivity contribution in [2.45, 2.75) is 0 Å². The summed E-state index contributed by atoms with van der Waals surface area (Å²) < 4.78 is 5.14. The number of nitrogen functional groups attached to an aromatic ring is 1. The first-order valence-corrected chi connectivity index (χ1v) is 5.75. The highest BCUT2D eigenvalue weighted by molar-refractivity contribution is 6.08. The van der Waals surface area contributed by atoms with Crippen molar-refractivity contribution in [3.05, 3.63) is 48.3 Å². The van der Waals surface area contributed by atoms with Crippen LogP contribution in [0.25, 0.3) is 0 Å². The summed E-state index contributed by atoms with van der Waals surface area (Å²) in [5, 5.41) is 0. The zero-order valence-corrected chi connectivity index (χ0v) is 10.8. The molecular weight excluding hydrogens is 242 g/mol. The fourth-order valence-corrected chi connectivity index (χ4v) is 1.70. The average Bonchev–Trinajstić information content (AvgIpc) is 2.46. The molecule has 0 bridgehead atoms. The van der Waals surface area contributed by atoms with Gasteiger partial charge in [-0.2, -0.15) is 0 Å². The van der Waals surface area contributed by atoms with Crippen LogP contribution >= 0.6 is 0 Å². The van der Waals surface area contributed by atoms with E-state index in [0.717, 1.165) is 5.69 Å². The molecule has 0 saturated heterocycles. The van der Waals surface area contributed by atoms with Crippen LogP contribution in [0.2, 0.25) is 0 Å². The van der Waals surface area contributed by atoms with Gasteiger partial charge in [0.1, 0.15) is 5.75 Å². The third-order valence-electron chi connectivity index (χ3n) is 2.83. The van der Waals surface area contributed by atoms with E-state index in [0.29, 0.717) is 17.0 Å². The van der Waals surface area contributed by atoms with E-state index in [-0.39, 0.29) is 5.91 Å². The Kier molecular flexibility index (Phi) is 3.66. The van der Waals surface area contributed by atoms with E-state index in [1.54, 1.807) is 32.5 Å². The van der Waals surface area contributed by atoms with Crippen molar-refractivity contribution < 1.29 is 9.53 Å². The standard InChI is InChI=1S/C14H15N3O2/c1-17(10-4-3-5-11(8-10)19-2)14(18)12-9-16-7-6-13(12)15/h3-9H,1-2H3,(H2,15,16). The minimum atomic E-state index is -0.209. The summed E-state index contributed by atoms with van der Waals surface area (Å²) in [6.07, 6.45) is 3.02. The Balaban J connectivity index is 2.31. The van der Waals surface area contributed by atoms with E-state index in [9.17, 15) is 4.79 Å². The smallest absolute Gasteiger partial charge is 0.261 e. The summed E-state index contributed by atoms with van der Waals surface area (Å²) in [6, 6.07) is 8.86. The first-order valence-electron chi connectivity index (χ1n) is 5.75. The zero-order valence-electron chi connectivity index (χ0n) is 10.8. The zero-order chi connectivity index (χ0) is 13.8. The second kappa shape index (κ2) is 5.39. The van der Waals surface area contributed by atoms with Gasteiger partial charge in [-0.15, -0.1) is 0 Å². The van der Waals surface area contributed by atoms with E-state index >= 15 is 0 Å². The van der Waals surface area contributed by atoms with Crippen LogP contribution in [-0.2, 0) is 0 Å². The van der Waals surface area contributed by atoms with Crippen LogP contribution in [0.3, 0.4) is 0 Å². The summed E-state index contributed by atoms with van der Waals surface area (Å²) in [4.78, 5) is 17.8. The number of carbonyl (C=O) groups is 1. The number of anilines is 2. The lowest BCUT2D eigenvalue weighted by Gasteiger charge is -2.18. The number of nitrogens with two attached hydrogens (primary N) is 1. The molecule has 1 heterocycles. The predicted octanol–water partition coefficient (Wildman–Crippen LogP) is 1.95. The lowest BCUT2D eigenvalue weighted by molar-refractivity contribution is 0.0993. The summed E-state index contributed by atoms with van der Waals surface area (Å²) in [5.41, 5.74) is 7.30. The normalized spacial score (nSPS) is 10.0. The predicted molar refractivity (Wildman–Crippen MR) is 74.4 cm³/mol. The molecule has 98 valence electrons. The largest absolute Gasteiger partial charge is 0.497 e. The first-order chi connectivity index (χ1) is 9.13. The number of methoxy groups -OCH3 is 1. The van der Waals surface area contributed by atoms with Gasteiger partial charge >= 0.3 is 0 Å². The van der Waals surface area contributed by atoms with Gasteiger partial charge in [-0.3, -0.25) is 9.78 Å². The van der Waals surface area contributed by atoms with Crippen LogP contribution in [0.5, 0.6) is 5.75 Å². The molecule has 2 rings (SSSR count). The minimum absolute atomic E-state index is 0.209. The third kappa shape index (κ3) is 2.65. The fourth-order valence-electron chi connectivity index (χ4n) is 1.70. The van der Waals surface area contributed by atoms with Crippen molar-refractivity contribution in [1.29, 1.82) is 0 Å². The second-order valence-electron chi connectivity index (χ2n) is 4.03. The lowest BCUT2D eigenvalue weighted by Crippen LogP contribution is -2.27. The average molecular weight is 257 g/mol. The molecule has 0 radical (unpaired) electrons. The van der Waals surface area contributed by atoms with Crippen molar-refractivity contribution >= 4 is 17.3 Å². The number of hydrogen-bond donors (Lipinski definition) is 1. The SMILES string of the molecule is COc1cccc(N(C)C(=O)c2cnccc2N)c1. The molecule has 0 aliphatic rings. The Labute approximate surface area is 111 Å². The molecule has 1 aromatic carbocycles. The Bertz CT molecular complexity index is 599. The minimum Gasteiger partial charge on any atom is -0.497 e. The Morgan fingerprint density at radius 1 is 1.37 bits per heavy atom. The van der Waals surface area contributed by atoms with Gasteiger partial charge in [0.05, 0.1) is 12.7 Å². The maximum absolute atomic E-state index is 12.3. The number of ether oxygens (including phenoxy) is 1. The Morgan fingerprint density at radius 2 is 2.16 bits per heavy atom. The van der Waals surface area contributed by atoms with E-state index in [1.165, 1.54) is 11.1 Å². The van der Waals surface area contributed by atoms with Gasteiger partial charge in [0, 0.05) is 36.9 Å². The maximum Gasteiger partial charge on any atom is 0.261 e. The van der Waals surface area contributed by atoms with Crippen molar-refractivity contribution in [2.75, 3.05) is 24.8 Å². The lowest BCUT2D eigenvalue weighted by atomic mass is 10.2. The molecule has 0 saturated carbocycles. The molecule has 0 spiro atoms. The van der Waals surface area contributed by atoms with Crippen LogP contribution in [0.15, 0.2) is 42.7 Å². The fraction of sp³-hybridized carbons (Fsp3) is 0.143. The molecule has 1 aromatic heterocycles. The molecule has 19 heavy (non-hydrogen) atoms. The summed E-state index contributed by atoms with van der Waals surface area (Å²) in [6.45, 7) is 0. The Hall–Kier alpha value is -2.56. The van der Waals surface area contributed by atoms with E-state index in [1.807, 2.05) is 18.2 Å². The molecule has 0 unspecified atom stereocenters. The highest BCUT2D eigenvalue weighted by atomic mass is 16.5. The highest BCUT2D eigenvalue weighted by Gasteiger charge is 2.16. The summed E-state index contributed by atoms with van der Waals surface area (Å²) in [7, 11) is 3.27. The molecule has 0 aliphatic carbocycles. The van der Waals surface area contributed by atoms with Gasteiger partial charge in [0.2, 0.25) is 0 Å². The Morgan fingerprint density at radius 3 is 2.84 bits per heavy atom. The summed E-state index contributed by atoms with van der Waals surface area (Å²) in [5.74, 6) is 0.482. The van der Waals surface area contributed by atoms with Crippen molar-refractivity contribution in [2.24, 2.45) is 0 Å². The van der Waals surface area contributed by atoms with Gasteiger partial charge in [-0.1, -0.05) is 6.07 Å². The molecule has 0 aliphatic heterocycles. The number of rotatable bonds is 3. The number of hydrogen-bond acceptors (Lipinski definition) is 4. The topological polar surface area (TPSA) is 68.5 Å². The van der Waals surface area contributed by atoms with Crippen LogP contribution in [0.1, 0.15) is 10.4 Å². The molecular formula is C14H15N3O2. The van der Waals surface area contributed by atoms with E-state index < -0.39 is 0 Å².